The van der Waals surface area contributed by atoms with Gasteiger partial charge in [0.1, 0.15) is 11.2 Å². The average molecular weight is 397 g/mol. The van der Waals surface area contributed by atoms with E-state index in [1.807, 2.05) is 20.2 Å². The third-order valence-electron chi connectivity index (χ3n) is 5.08. The van der Waals surface area contributed by atoms with Gasteiger partial charge in [0.15, 0.2) is 5.65 Å². The van der Waals surface area contributed by atoms with Gasteiger partial charge in [0.25, 0.3) is 0 Å². The first-order chi connectivity index (χ1) is 14.3. The first kappa shape index (κ1) is 19.5. The lowest BCUT2D eigenvalue weighted by molar-refractivity contribution is 0.122. The monoisotopic (exact) mass is 397 g/mol. The van der Waals surface area contributed by atoms with E-state index in [2.05, 4.69) is 29.7 Å². The molecule has 3 aromatic rings. The van der Waals surface area contributed by atoms with Crippen LogP contribution in [-0.4, -0.2) is 68.9 Å². The topological polar surface area (TPSA) is 120 Å². The molecule has 2 saturated heterocycles. The van der Waals surface area contributed by atoms with Crippen LogP contribution in [0.15, 0.2) is 18.7 Å². The molecule has 0 bridgehead atoms. The molecule has 1 unspecified atom stereocenters. The Kier molecular flexibility index (Phi) is 5.81. The Bertz CT molecular complexity index is 944. The van der Waals surface area contributed by atoms with Crippen molar-refractivity contribution in [2.24, 2.45) is 0 Å². The van der Waals surface area contributed by atoms with Gasteiger partial charge in [-0.3, -0.25) is 0 Å². The summed E-state index contributed by atoms with van der Waals surface area (Å²) in [5.74, 6) is 0.922. The Balaban J connectivity index is 0.000000994. The Morgan fingerprint density at radius 2 is 1.86 bits per heavy atom. The van der Waals surface area contributed by atoms with Gasteiger partial charge in [-0.25, -0.2) is 19.9 Å². The molecule has 2 fully saturated rings. The Labute approximate surface area is 169 Å². The molecule has 0 spiro atoms. The summed E-state index contributed by atoms with van der Waals surface area (Å²) < 4.78 is 7.63. The highest BCUT2D eigenvalue weighted by molar-refractivity contribution is 5.88. The molecule has 2 aliphatic rings. The van der Waals surface area contributed by atoms with Gasteiger partial charge in [0.05, 0.1) is 25.6 Å². The van der Waals surface area contributed by atoms with Crippen LogP contribution < -0.4 is 16.0 Å². The zero-order valence-corrected chi connectivity index (χ0v) is 16.9. The van der Waals surface area contributed by atoms with E-state index < -0.39 is 0 Å². The van der Waals surface area contributed by atoms with Crippen LogP contribution in [0.2, 0.25) is 0 Å². The standard InChI is InChI=1S/C17H21N9O.C2H6/c18-16-20-7-11(8-21-16)13-14-15(26(10-22-14)12-1-2-19-9-12)24-17(23-13)25-3-5-27-6-4-25;1-2/h7-8,10,12,19H,1-6,9H2,(H2,18,20,21);1-2H3. The number of aromatic nitrogens is 6. The molecule has 10 nitrogen and oxygen atoms in total. The van der Waals surface area contributed by atoms with Crippen molar-refractivity contribution in [2.75, 3.05) is 50.0 Å². The molecule has 154 valence electrons. The Hall–Kier alpha value is -2.85. The Morgan fingerprint density at radius 3 is 2.55 bits per heavy atom. The number of fused-ring (bicyclic) bond motifs is 1. The molecule has 2 aliphatic heterocycles. The molecular formula is C19H27N9O. The summed E-state index contributed by atoms with van der Waals surface area (Å²) in [5.41, 5.74) is 8.75. The number of ether oxygens (including phenoxy) is 1. The van der Waals surface area contributed by atoms with E-state index >= 15 is 0 Å². The second-order valence-corrected chi connectivity index (χ2v) is 6.77. The van der Waals surface area contributed by atoms with E-state index in [-0.39, 0.29) is 5.95 Å². The second kappa shape index (κ2) is 8.66. The number of morpholine rings is 1. The van der Waals surface area contributed by atoms with Crippen LogP contribution in [0, 0.1) is 0 Å². The third kappa shape index (κ3) is 3.85. The maximum absolute atomic E-state index is 5.65. The fourth-order valence-electron chi connectivity index (χ4n) is 3.62. The highest BCUT2D eigenvalue weighted by atomic mass is 16.5. The fourth-order valence-corrected chi connectivity index (χ4v) is 3.62. The van der Waals surface area contributed by atoms with E-state index in [9.17, 15) is 0 Å². The SMILES string of the molecule is CC.Nc1ncc(-c2nc(N3CCOCC3)nc3c2ncn3C2CCNC2)cn1. The summed E-state index contributed by atoms with van der Waals surface area (Å²) >= 11 is 0. The van der Waals surface area contributed by atoms with Crippen molar-refractivity contribution in [3.63, 3.8) is 0 Å². The van der Waals surface area contributed by atoms with Gasteiger partial charge in [0.2, 0.25) is 11.9 Å². The van der Waals surface area contributed by atoms with Crippen molar-refractivity contribution in [3.05, 3.63) is 18.7 Å². The predicted molar refractivity (Wildman–Crippen MR) is 112 cm³/mol. The highest BCUT2D eigenvalue weighted by Crippen LogP contribution is 2.29. The number of nitrogen functional groups attached to an aromatic ring is 1. The average Bonchev–Trinajstić information content (AvgIpc) is 3.45. The molecule has 0 saturated carbocycles. The van der Waals surface area contributed by atoms with Gasteiger partial charge in [-0.05, 0) is 13.0 Å². The third-order valence-corrected chi connectivity index (χ3v) is 5.08. The number of nitrogens with two attached hydrogens (primary N) is 1. The fraction of sp³-hybridized carbons (Fsp3) is 0.526. The first-order valence-electron chi connectivity index (χ1n) is 10.2. The molecule has 5 rings (SSSR count). The van der Waals surface area contributed by atoms with Crippen LogP contribution in [-0.2, 0) is 4.74 Å². The highest BCUT2D eigenvalue weighted by Gasteiger charge is 2.24. The minimum Gasteiger partial charge on any atom is -0.378 e. The van der Waals surface area contributed by atoms with Crippen LogP contribution in [0.3, 0.4) is 0 Å². The molecule has 3 aromatic heterocycles. The number of nitrogens with zero attached hydrogens (tertiary/aromatic N) is 7. The molecule has 29 heavy (non-hydrogen) atoms. The smallest absolute Gasteiger partial charge is 0.228 e. The zero-order chi connectivity index (χ0) is 20.2. The lowest BCUT2D eigenvalue weighted by atomic mass is 10.2. The predicted octanol–water partition coefficient (Wildman–Crippen LogP) is 1.26. The van der Waals surface area contributed by atoms with Gasteiger partial charge in [-0.1, -0.05) is 13.8 Å². The van der Waals surface area contributed by atoms with E-state index in [0.717, 1.165) is 55.0 Å². The van der Waals surface area contributed by atoms with Crippen LogP contribution in [0.4, 0.5) is 11.9 Å². The van der Waals surface area contributed by atoms with Crippen molar-refractivity contribution in [1.82, 2.24) is 34.8 Å². The zero-order valence-electron chi connectivity index (χ0n) is 16.9. The van der Waals surface area contributed by atoms with Crippen molar-refractivity contribution >= 4 is 23.1 Å². The van der Waals surface area contributed by atoms with Gasteiger partial charge >= 0.3 is 0 Å². The molecular weight excluding hydrogens is 370 g/mol. The number of nitrogens with one attached hydrogen (secondary N) is 1. The molecule has 0 aromatic carbocycles. The van der Waals surface area contributed by atoms with Crippen molar-refractivity contribution in [3.8, 4) is 11.3 Å². The molecule has 5 heterocycles. The summed E-state index contributed by atoms with van der Waals surface area (Å²) in [4.78, 5) is 24.7. The molecule has 0 radical (unpaired) electrons. The van der Waals surface area contributed by atoms with Gasteiger partial charge in [0, 0.05) is 37.6 Å². The maximum atomic E-state index is 5.65. The lowest BCUT2D eigenvalue weighted by Crippen LogP contribution is -2.37. The number of anilines is 2. The summed E-state index contributed by atoms with van der Waals surface area (Å²) in [6.45, 7) is 8.80. The summed E-state index contributed by atoms with van der Waals surface area (Å²) in [6, 6.07) is 0.345. The largest absolute Gasteiger partial charge is 0.378 e. The van der Waals surface area contributed by atoms with Crippen LogP contribution in [0.5, 0.6) is 0 Å². The minimum atomic E-state index is 0.236. The van der Waals surface area contributed by atoms with Crippen LogP contribution >= 0.6 is 0 Å². The molecule has 0 amide bonds. The molecule has 3 N–H and O–H groups in total. The normalized spacial score (nSPS) is 19.2. The molecule has 0 aliphatic carbocycles. The summed E-state index contributed by atoms with van der Waals surface area (Å²) in [7, 11) is 0. The summed E-state index contributed by atoms with van der Waals surface area (Å²) in [6.07, 6.45) is 6.29. The molecule has 1 atom stereocenters. The van der Waals surface area contributed by atoms with Crippen LogP contribution in [0.1, 0.15) is 26.3 Å². The van der Waals surface area contributed by atoms with E-state index in [4.69, 9.17) is 20.4 Å². The number of hydrogen-bond acceptors (Lipinski definition) is 9. The quantitative estimate of drug-likeness (QED) is 0.673. The van der Waals surface area contributed by atoms with Gasteiger partial charge < -0.3 is 25.3 Å². The number of hydrogen-bond donors (Lipinski definition) is 2. The second-order valence-electron chi connectivity index (χ2n) is 6.77. The van der Waals surface area contributed by atoms with E-state index in [1.165, 1.54) is 0 Å². The number of imidazole rings is 1. The first-order valence-corrected chi connectivity index (χ1v) is 10.2. The van der Waals surface area contributed by atoms with E-state index in [0.29, 0.717) is 25.2 Å². The molecule has 10 heteroatoms. The lowest BCUT2D eigenvalue weighted by Gasteiger charge is -2.27. The minimum absolute atomic E-state index is 0.236. The van der Waals surface area contributed by atoms with Crippen molar-refractivity contribution in [2.45, 2.75) is 26.3 Å². The van der Waals surface area contributed by atoms with Gasteiger partial charge in [-0.2, -0.15) is 4.98 Å². The maximum Gasteiger partial charge on any atom is 0.228 e. The number of rotatable bonds is 3. The van der Waals surface area contributed by atoms with Gasteiger partial charge in [-0.15, -0.1) is 0 Å². The van der Waals surface area contributed by atoms with Crippen molar-refractivity contribution < 1.29 is 4.74 Å². The van der Waals surface area contributed by atoms with E-state index in [1.54, 1.807) is 12.4 Å². The van der Waals surface area contributed by atoms with Crippen LogP contribution in [0.25, 0.3) is 22.4 Å². The summed E-state index contributed by atoms with van der Waals surface area (Å²) in [5, 5.41) is 3.40. The van der Waals surface area contributed by atoms with Crippen molar-refractivity contribution in [1.29, 1.82) is 0 Å². The Morgan fingerprint density at radius 1 is 1.10 bits per heavy atom.